The van der Waals surface area contributed by atoms with Crippen molar-refractivity contribution in [1.29, 1.82) is 0 Å². The lowest BCUT2D eigenvalue weighted by Gasteiger charge is -2.06. The van der Waals surface area contributed by atoms with Crippen LogP contribution in [0.3, 0.4) is 0 Å². The van der Waals surface area contributed by atoms with E-state index in [1.54, 1.807) is 0 Å². The Bertz CT molecular complexity index is 157. The monoisotopic (exact) mass is 271 g/mol. The van der Waals surface area contributed by atoms with Crippen molar-refractivity contribution in [1.82, 2.24) is 0 Å². The maximum atomic E-state index is 8.91. The summed E-state index contributed by atoms with van der Waals surface area (Å²) in [6.45, 7) is 6.88. The molecule has 0 spiro atoms. The van der Waals surface area contributed by atoms with Gasteiger partial charge in [0.15, 0.2) is 0 Å². The average molecular weight is 271 g/mol. The normalized spacial score (nSPS) is 12.8. The molecule has 0 aliphatic rings. The van der Waals surface area contributed by atoms with Gasteiger partial charge in [0.05, 0.1) is 12.7 Å². The number of aliphatic hydroxyl groups is 1. The summed E-state index contributed by atoms with van der Waals surface area (Å²) in [7, 11) is 0. The first-order chi connectivity index (χ1) is 9.27. The van der Waals surface area contributed by atoms with Crippen LogP contribution in [-0.2, 0) is 4.74 Å². The first kappa shape index (κ1) is 18.9. The van der Waals surface area contributed by atoms with Crippen molar-refractivity contribution in [3.63, 3.8) is 0 Å². The van der Waals surface area contributed by atoms with Crippen LogP contribution in [0.4, 0.5) is 0 Å². The molecule has 0 rings (SSSR count). The summed E-state index contributed by atoms with van der Waals surface area (Å²) in [5.74, 6) is 0. The highest BCUT2D eigenvalue weighted by molar-refractivity contribution is 4.53. The third kappa shape index (κ3) is 17.9. The maximum absolute atomic E-state index is 8.91. The Morgan fingerprint density at radius 3 is 1.63 bits per heavy atom. The van der Waals surface area contributed by atoms with Gasteiger partial charge in [-0.05, 0) is 13.3 Å². The lowest BCUT2D eigenvalue weighted by Crippen LogP contribution is -2.11. The number of aliphatic hydroxyl groups excluding tert-OH is 1. The van der Waals surface area contributed by atoms with E-state index in [0.717, 1.165) is 13.0 Å². The summed E-state index contributed by atoms with van der Waals surface area (Å²) >= 11 is 0. The van der Waals surface area contributed by atoms with Crippen LogP contribution < -0.4 is 0 Å². The van der Waals surface area contributed by atoms with E-state index >= 15 is 0 Å². The highest BCUT2D eigenvalue weighted by atomic mass is 16.5. The Balaban J connectivity index is 2.91. The summed E-state index contributed by atoms with van der Waals surface area (Å²) in [6.07, 6.45) is 15.8. The van der Waals surface area contributed by atoms with E-state index in [1.165, 1.54) is 70.6 Å². The minimum Gasteiger partial charge on any atom is -0.391 e. The van der Waals surface area contributed by atoms with Crippen molar-refractivity contribution >= 4 is 0 Å². The molecule has 0 bridgehead atoms. The lowest BCUT2D eigenvalue weighted by molar-refractivity contribution is 0.0564. The fourth-order valence-electron chi connectivity index (χ4n) is 2.26. The highest BCUT2D eigenvalue weighted by Gasteiger charge is 1.96. The number of ether oxygens (including phenoxy) is 1. The third-order valence-corrected chi connectivity index (χ3v) is 3.45. The van der Waals surface area contributed by atoms with E-state index < -0.39 is 6.10 Å². The van der Waals surface area contributed by atoms with Crippen LogP contribution in [0.5, 0.6) is 0 Å². The molecule has 0 heterocycles. The van der Waals surface area contributed by atoms with Gasteiger partial charge in [-0.1, -0.05) is 77.6 Å². The van der Waals surface area contributed by atoms with Gasteiger partial charge in [-0.3, -0.25) is 0 Å². The molecule has 1 N–H and O–H groups in total. The Morgan fingerprint density at radius 2 is 1.21 bits per heavy atom. The summed E-state index contributed by atoms with van der Waals surface area (Å²) in [6, 6.07) is 0. The van der Waals surface area contributed by atoms with Crippen LogP contribution in [0.25, 0.3) is 0 Å². The van der Waals surface area contributed by atoms with Gasteiger partial charge in [-0.15, -0.1) is 0 Å². The molecule has 0 saturated carbocycles. The van der Waals surface area contributed by atoms with Crippen molar-refractivity contribution < 1.29 is 9.84 Å². The van der Waals surface area contributed by atoms with E-state index in [2.05, 4.69) is 13.8 Å². The molecule has 2 nitrogen and oxygen atoms in total. The zero-order chi connectivity index (χ0) is 14.2. The molecule has 1 atom stereocenters. The SMILES string of the molecule is [CH2]C(O)COCCCCCCCCCCCCCC. The fraction of sp³-hybridized carbons (Fsp3) is 0.941. The molecule has 0 aromatic heterocycles. The molecular formula is C17H35O2. The van der Waals surface area contributed by atoms with Gasteiger partial charge in [0.25, 0.3) is 0 Å². The van der Waals surface area contributed by atoms with Gasteiger partial charge < -0.3 is 9.84 Å². The predicted molar refractivity (Wildman–Crippen MR) is 83.3 cm³/mol. The van der Waals surface area contributed by atoms with E-state index in [1.807, 2.05) is 0 Å². The van der Waals surface area contributed by atoms with Crippen LogP contribution in [0, 0.1) is 6.92 Å². The maximum Gasteiger partial charge on any atom is 0.0774 e. The zero-order valence-electron chi connectivity index (χ0n) is 13.0. The largest absolute Gasteiger partial charge is 0.391 e. The van der Waals surface area contributed by atoms with Crippen LogP contribution in [-0.4, -0.2) is 24.4 Å². The molecule has 1 radical (unpaired) electrons. The molecular weight excluding hydrogens is 236 g/mol. The summed E-state index contributed by atoms with van der Waals surface area (Å²) in [4.78, 5) is 0. The van der Waals surface area contributed by atoms with E-state index in [-0.39, 0.29) is 0 Å². The molecule has 1 unspecified atom stereocenters. The zero-order valence-corrected chi connectivity index (χ0v) is 13.0. The Morgan fingerprint density at radius 1 is 0.789 bits per heavy atom. The molecule has 19 heavy (non-hydrogen) atoms. The van der Waals surface area contributed by atoms with Crippen molar-refractivity contribution in [3.05, 3.63) is 6.92 Å². The Kier molecular flexibility index (Phi) is 15.9. The van der Waals surface area contributed by atoms with Crippen molar-refractivity contribution in [2.45, 2.75) is 90.1 Å². The molecule has 0 amide bonds. The third-order valence-electron chi connectivity index (χ3n) is 3.45. The molecule has 0 aliphatic heterocycles. The molecule has 2 heteroatoms. The molecule has 0 aliphatic carbocycles. The van der Waals surface area contributed by atoms with Gasteiger partial charge in [-0.25, -0.2) is 0 Å². The fourth-order valence-corrected chi connectivity index (χ4v) is 2.26. The average Bonchev–Trinajstić information content (AvgIpc) is 2.39. The van der Waals surface area contributed by atoms with Crippen molar-refractivity contribution in [2.75, 3.05) is 13.2 Å². The number of hydrogen-bond donors (Lipinski definition) is 1. The number of hydrogen-bond acceptors (Lipinski definition) is 2. The molecule has 0 aromatic carbocycles. The first-order valence-corrected chi connectivity index (χ1v) is 8.36. The number of rotatable bonds is 15. The van der Waals surface area contributed by atoms with Gasteiger partial charge >= 0.3 is 0 Å². The quantitative estimate of drug-likeness (QED) is 0.429. The summed E-state index contributed by atoms with van der Waals surface area (Å²) < 4.78 is 5.27. The van der Waals surface area contributed by atoms with E-state index in [0.29, 0.717) is 6.61 Å². The molecule has 0 fully saturated rings. The van der Waals surface area contributed by atoms with Crippen LogP contribution >= 0.6 is 0 Å². The second-order valence-corrected chi connectivity index (χ2v) is 5.62. The number of unbranched alkanes of at least 4 members (excludes halogenated alkanes) is 11. The Hall–Kier alpha value is -0.0800. The minimum absolute atomic E-state index is 0.373. The van der Waals surface area contributed by atoms with Gasteiger partial charge in [0.1, 0.15) is 0 Å². The smallest absolute Gasteiger partial charge is 0.0774 e. The topological polar surface area (TPSA) is 29.5 Å². The van der Waals surface area contributed by atoms with E-state index in [9.17, 15) is 0 Å². The minimum atomic E-state index is -0.572. The molecule has 0 aromatic rings. The van der Waals surface area contributed by atoms with Crippen molar-refractivity contribution in [3.8, 4) is 0 Å². The van der Waals surface area contributed by atoms with Crippen LogP contribution in [0.2, 0.25) is 0 Å². The van der Waals surface area contributed by atoms with Crippen LogP contribution in [0.15, 0.2) is 0 Å². The standard InChI is InChI=1S/C17H35O2/c1-3-4-5-6-7-8-9-10-11-12-13-14-15-19-16-17(2)18/h17-18H,2-16H2,1H3. The molecule has 115 valence electrons. The van der Waals surface area contributed by atoms with Gasteiger partial charge in [-0.2, -0.15) is 0 Å². The Labute approximate surface area is 120 Å². The van der Waals surface area contributed by atoms with Crippen molar-refractivity contribution in [2.24, 2.45) is 0 Å². The summed E-state index contributed by atoms with van der Waals surface area (Å²) in [5, 5.41) is 8.91. The first-order valence-electron chi connectivity index (χ1n) is 8.36. The molecule has 0 saturated heterocycles. The second kappa shape index (κ2) is 16.0. The van der Waals surface area contributed by atoms with Gasteiger partial charge in [0, 0.05) is 6.61 Å². The predicted octanol–water partition coefficient (Wildman–Crippen LogP) is 4.90. The second-order valence-electron chi connectivity index (χ2n) is 5.62. The van der Waals surface area contributed by atoms with Gasteiger partial charge in [0.2, 0.25) is 0 Å². The van der Waals surface area contributed by atoms with E-state index in [4.69, 9.17) is 9.84 Å². The summed E-state index contributed by atoms with van der Waals surface area (Å²) in [5.41, 5.74) is 0. The lowest BCUT2D eigenvalue weighted by atomic mass is 10.1. The van der Waals surface area contributed by atoms with Crippen LogP contribution in [0.1, 0.15) is 84.0 Å². The highest BCUT2D eigenvalue weighted by Crippen LogP contribution is 2.11.